The first-order valence-electron chi connectivity index (χ1n) is 6.67. The van der Waals surface area contributed by atoms with Gasteiger partial charge in [-0.2, -0.15) is 0 Å². The highest BCUT2D eigenvalue weighted by Crippen LogP contribution is 2.31. The minimum absolute atomic E-state index is 0.0776. The van der Waals surface area contributed by atoms with Gasteiger partial charge in [0.25, 0.3) is 5.91 Å². The fraction of sp³-hybridized carbons (Fsp3) is 0.143. The number of thiophene rings is 1. The molecule has 0 radical (unpaired) electrons. The molecule has 1 atom stereocenters. The minimum atomic E-state index is -3.82. The highest BCUT2D eigenvalue weighted by Gasteiger charge is 2.22. The highest BCUT2D eigenvalue weighted by molar-refractivity contribution is 7.89. The molecule has 2 aromatic rings. The molecule has 3 N–H and O–H groups in total. The molecular weight excluding hydrogens is 411 g/mol. The van der Waals surface area contributed by atoms with E-state index in [1.165, 1.54) is 37.3 Å². The van der Waals surface area contributed by atoms with Crippen molar-refractivity contribution >= 4 is 62.1 Å². The van der Waals surface area contributed by atoms with Crippen molar-refractivity contribution in [3.8, 4) is 0 Å². The Hall–Kier alpha value is -1.65. The van der Waals surface area contributed by atoms with Gasteiger partial charge in [0.05, 0.1) is 14.8 Å². The van der Waals surface area contributed by atoms with Crippen molar-refractivity contribution < 1.29 is 22.7 Å². The number of halogens is 2. The molecule has 134 valence electrons. The van der Waals surface area contributed by atoms with Gasteiger partial charge in [-0.05, 0) is 37.3 Å². The van der Waals surface area contributed by atoms with Gasteiger partial charge in [0, 0.05) is 5.69 Å². The number of carbonyl (C=O) groups is 2. The van der Waals surface area contributed by atoms with Gasteiger partial charge in [0.1, 0.15) is 4.34 Å². The van der Waals surface area contributed by atoms with E-state index in [-0.39, 0.29) is 14.8 Å². The first kappa shape index (κ1) is 19.7. The van der Waals surface area contributed by atoms with Crippen LogP contribution in [0.4, 0.5) is 5.69 Å². The summed E-state index contributed by atoms with van der Waals surface area (Å²) in [4.78, 5) is 24.0. The number of anilines is 1. The summed E-state index contributed by atoms with van der Waals surface area (Å²) >= 11 is 12.6. The molecule has 0 spiro atoms. The van der Waals surface area contributed by atoms with Crippen molar-refractivity contribution in [3.05, 3.63) is 44.6 Å². The average molecular weight is 423 g/mol. The number of rotatable bonds is 5. The normalized spacial score (nSPS) is 12.5. The summed E-state index contributed by atoms with van der Waals surface area (Å²) in [5.41, 5.74) is 0.394. The third kappa shape index (κ3) is 5.16. The molecule has 0 saturated carbocycles. The molecule has 1 amide bonds. The summed E-state index contributed by atoms with van der Waals surface area (Å²) in [6, 6.07) is 6.57. The van der Waals surface area contributed by atoms with E-state index in [1.54, 1.807) is 0 Å². The molecule has 0 aliphatic rings. The second-order valence-electron chi connectivity index (χ2n) is 4.84. The Balaban J connectivity index is 2.00. The lowest BCUT2D eigenvalue weighted by atomic mass is 10.3. The van der Waals surface area contributed by atoms with E-state index < -0.39 is 28.0 Å². The summed E-state index contributed by atoms with van der Waals surface area (Å²) in [7, 11) is -3.82. The molecule has 7 nitrogen and oxygen atoms in total. The molecule has 1 aromatic heterocycles. The molecule has 0 bridgehead atoms. The van der Waals surface area contributed by atoms with Gasteiger partial charge in [-0.3, -0.25) is 4.79 Å². The molecule has 1 unspecified atom stereocenters. The molecule has 25 heavy (non-hydrogen) atoms. The molecule has 0 fully saturated rings. The Morgan fingerprint density at radius 3 is 2.32 bits per heavy atom. The van der Waals surface area contributed by atoms with Crippen LogP contribution >= 0.6 is 34.5 Å². The number of hydrogen-bond donors (Lipinski definition) is 2. The van der Waals surface area contributed by atoms with Gasteiger partial charge in [0.2, 0.25) is 10.0 Å². The van der Waals surface area contributed by atoms with E-state index in [0.717, 1.165) is 11.3 Å². The van der Waals surface area contributed by atoms with E-state index in [1.807, 2.05) is 0 Å². The SMILES string of the molecule is CC(OC(=O)c1cc(Cl)sc1Cl)C(=O)Nc1ccc(S(N)(=O)=O)cc1. The largest absolute Gasteiger partial charge is 0.449 e. The van der Waals surface area contributed by atoms with Crippen molar-refractivity contribution in [2.24, 2.45) is 5.14 Å². The molecule has 2 rings (SSSR count). The number of nitrogens with one attached hydrogen (secondary N) is 1. The predicted octanol–water partition coefficient (Wildman–Crippen LogP) is 2.89. The van der Waals surface area contributed by atoms with Crippen LogP contribution in [0.25, 0.3) is 0 Å². The quantitative estimate of drug-likeness (QED) is 0.718. The van der Waals surface area contributed by atoms with Crippen LogP contribution in [0.5, 0.6) is 0 Å². The molecule has 0 aliphatic carbocycles. The first-order chi connectivity index (χ1) is 11.6. The number of primary sulfonamides is 1. The zero-order chi connectivity index (χ0) is 18.8. The van der Waals surface area contributed by atoms with Crippen LogP contribution in [0.3, 0.4) is 0 Å². The van der Waals surface area contributed by atoms with Crippen LogP contribution in [0, 0.1) is 0 Å². The molecular formula is C14H12Cl2N2O5S2. The van der Waals surface area contributed by atoms with Gasteiger partial charge in [-0.25, -0.2) is 18.4 Å². The summed E-state index contributed by atoms with van der Waals surface area (Å²) < 4.78 is 27.9. The van der Waals surface area contributed by atoms with Gasteiger partial charge < -0.3 is 10.1 Å². The fourth-order valence-electron chi connectivity index (χ4n) is 1.73. The average Bonchev–Trinajstić information content (AvgIpc) is 2.85. The first-order valence-corrected chi connectivity index (χ1v) is 9.79. The summed E-state index contributed by atoms with van der Waals surface area (Å²) in [6.45, 7) is 1.38. The van der Waals surface area contributed by atoms with E-state index in [2.05, 4.69) is 5.32 Å². The van der Waals surface area contributed by atoms with Crippen LogP contribution in [0.15, 0.2) is 35.2 Å². The third-order valence-corrected chi connectivity index (χ3v) is 5.40. The third-order valence-electron chi connectivity index (χ3n) is 2.98. The Kier molecular flexibility index (Phi) is 6.07. The van der Waals surface area contributed by atoms with Crippen molar-refractivity contribution in [3.63, 3.8) is 0 Å². The fourth-order valence-corrected chi connectivity index (χ4v) is 3.68. The lowest BCUT2D eigenvalue weighted by Gasteiger charge is -2.13. The zero-order valence-electron chi connectivity index (χ0n) is 12.7. The maximum atomic E-state index is 12.1. The Labute approximate surface area is 157 Å². The number of ether oxygens (including phenoxy) is 1. The standard InChI is InChI=1S/C14H12Cl2N2O5S2/c1-7(23-14(20)10-6-11(15)24-12(10)16)13(19)18-8-2-4-9(5-3-8)25(17,21)22/h2-7H,1H3,(H,18,19)(H2,17,21,22). The number of sulfonamides is 1. The summed E-state index contributed by atoms with van der Waals surface area (Å²) in [5, 5.41) is 7.48. The molecule has 0 saturated heterocycles. The number of nitrogens with two attached hydrogens (primary N) is 1. The number of carbonyl (C=O) groups excluding carboxylic acids is 2. The lowest BCUT2D eigenvalue weighted by molar-refractivity contribution is -0.123. The smallest absolute Gasteiger partial charge is 0.341 e. The monoisotopic (exact) mass is 422 g/mol. The predicted molar refractivity (Wildman–Crippen MR) is 95.7 cm³/mol. The second-order valence-corrected chi connectivity index (χ2v) is 8.69. The van der Waals surface area contributed by atoms with Crippen LogP contribution in [0.2, 0.25) is 8.67 Å². The van der Waals surface area contributed by atoms with Crippen molar-refractivity contribution in [2.45, 2.75) is 17.9 Å². The van der Waals surface area contributed by atoms with Crippen molar-refractivity contribution in [2.75, 3.05) is 5.32 Å². The van der Waals surface area contributed by atoms with Gasteiger partial charge >= 0.3 is 5.97 Å². The molecule has 1 heterocycles. The van der Waals surface area contributed by atoms with Crippen LogP contribution in [0.1, 0.15) is 17.3 Å². The van der Waals surface area contributed by atoms with E-state index >= 15 is 0 Å². The summed E-state index contributed by atoms with van der Waals surface area (Å²) in [6.07, 6.45) is -1.11. The van der Waals surface area contributed by atoms with E-state index in [0.29, 0.717) is 10.0 Å². The van der Waals surface area contributed by atoms with Gasteiger partial charge in [0.15, 0.2) is 6.10 Å². The maximum Gasteiger partial charge on any atom is 0.341 e. The zero-order valence-corrected chi connectivity index (χ0v) is 15.8. The number of benzene rings is 1. The Morgan fingerprint density at radius 2 is 1.84 bits per heavy atom. The van der Waals surface area contributed by atoms with Crippen LogP contribution in [-0.4, -0.2) is 26.4 Å². The molecule has 1 aromatic carbocycles. The van der Waals surface area contributed by atoms with E-state index in [9.17, 15) is 18.0 Å². The van der Waals surface area contributed by atoms with Gasteiger partial charge in [-0.15, -0.1) is 11.3 Å². The lowest BCUT2D eigenvalue weighted by Crippen LogP contribution is -2.30. The minimum Gasteiger partial charge on any atom is -0.449 e. The Bertz CT molecular complexity index is 910. The maximum absolute atomic E-state index is 12.1. The molecule has 11 heteroatoms. The Morgan fingerprint density at radius 1 is 1.24 bits per heavy atom. The number of hydrogen-bond acceptors (Lipinski definition) is 6. The summed E-state index contributed by atoms with van der Waals surface area (Å²) in [5.74, 6) is -1.38. The van der Waals surface area contributed by atoms with E-state index in [4.69, 9.17) is 33.1 Å². The van der Waals surface area contributed by atoms with Gasteiger partial charge in [-0.1, -0.05) is 23.2 Å². The van der Waals surface area contributed by atoms with Crippen LogP contribution in [-0.2, 0) is 19.6 Å². The van der Waals surface area contributed by atoms with Crippen molar-refractivity contribution in [1.29, 1.82) is 0 Å². The molecule has 0 aliphatic heterocycles. The topological polar surface area (TPSA) is 116 Å². The van der Waals surface area contributed by atoms with Crippen molar-refractivity contribution in [1.82, 2.24) is 0 Å². The highest BCUT2D eigenvalue weighted by atomic mass is 35.5. The second kappa shape index (κ2) is 7.71. The number of amides is 1. The van der Waals surface area contributed by atoms with Crippen LogP contribution < -0.4 is 10.5 Å². The number of esters is 1.